The van der Waals surface area contributed by atoms with Gasteiger partial charge >= 0.3 is 0 Å². The second-order valence-electron chi connectivity index (χ2n) is 6.35. The molecule has 0 spiro atoms. The fourth-order valence-electron chi connectivity index (χ4n) is 2.99. The van der Waals surface area contributed by atoms with Gasteiger partial charge in [0.15, 0.2) is 5.96 Å². The third kappa shape index (κ3) is 4.22. The molecule has 2 aromatic heterocycles. The van der Waals surface area contributed by atoms with Crippen LogP contribution in [0.2, 0.25) is 0 Å². The molecule has 0 unspecified atom stereocenters. The fourth-order valence-corrected chi connectivity index (χ4v) is 2.99. The number of anilines is 1. The summed E-state index contributed by atoms with van der Waals surface area (Å²) in [5, 5.41) is 11.6. The first-order chi connectivity index (χ1) is 12.6. The highest BCUT2D eigenvalue weighted by Crippen LogP contribution is 2.16. The van der Waals surface area contributed by atoms with E-state index >= 15 is 0 Å². The predicted octanol–water partition coefficient (Wildman–Crippen LogP) is 0.0104. The van der Waals surface area contributed by atoms with Gasteiger partial charge in [0.25, 0.3) is 0 Å². The summed E-state index contributed by atoms with van der Waals surface area (Å²) in [5.74, 6) is 0.845. The van der Waals surface area contributed by atoms with E-state index < -0.39 is 0 Å². The zero-order valence-electron chi connectivity index (χ0n) is 15.6. The largest absolute Gasteiger partial charge is 0.357 e. The Morgan fingerprint density at radius 2 is 1.96 bits per heavy atom. The summed E-state index contributed by atoms with van der Waals surface area (Å²) in [5.41, 5.74) is 2.00. The Morgan fingerprint density at radius 1 is 1.19 bits per heavy atom. The molecule has 3 heterocycles. The summed E-state index contributed by atoms with van der Waals surface area (Å²) in [4.78, 5) is 21.1. The molecule has 0 radical (unpaired) electrons. The Labute approximate surface area is 153 Å². The summed E-state index contributed by atoms with van der Waals surface area (Å²) in [6.45, 7) is 5.13. The number of hydrogen-bond acceptors (Lipinski definition) is 4. The van der Waals surface area contributed by atoms with Gasteiger partial charge in [-0.05, 0) is 18.9 Å². The lowest BCUT2D eigenvalue weighted by Crippen LogP contribution is -2.55. The van der Waals surface area contributed by atoms with Crippen LogP contribution in [0.5, 0.6) is 0 Å². The van der Waals surface area contributed by atoms with E-state index in [2.05, 4.69) is 20.5 Å². The first-order valence-electron chi connectivity index (χ1n) is 8.86. The minimum atomic E-state index is 0.0575. The number of amides is 1. The lowest BCUT2D eigenvalue weighted by atomic mass is 10.2. The van der Waals surface area contributed by atoms with Gasteiger partial charge in [-0.3, -0.25) is 19.2 Å². The van der Waals surface area contributed by atoms with Crippen molar-refractivity contribution in [1.29, 1.82) is 0 Å². The molecule has 0 aliphatic carbocycles. The molecule has 9 nitrogen and oxygen atoms in total. The van der Waals surface area contributed by atoms with E-state index in [1.807, 2.05) is 44.5 Å². The number of piperazine rings is 1. The van der Waals surface area contributed by atoms with Gasteiger partial charge in [0.05, 0.1) is 18.1 Å². The number of aromatic nitrogens is 4. The zero-order valence-corrected chi connectivity index (χ0v) is 15.6. The number of rotatable bonds is 5. The van der Waals surface area contributed by atoms with Gasteiger partial charge in [-0.15, -0.1) is 0 Å². The number of hydrogen-bond donors (Lipinski definition) is 1. The van der Waals surface area contributed by atoms with E-state index in [1.54, 1.807) is 20.5 Å². The average molecular weight is 358 g/mol. The van der Waals surface area contributed by atoms with Gasteiger partial charge in [0.1, 0.15) is 6.54 Å². The maximum Gasteiger partial charge on any atom is 0.246 e. The van der Waals surface area contributed by atoms with Crippen LogP contribution in [0.3, 0.4) is 0 Å². The topological polar surface area (TPSA) is 83.6 Å². The normalized spacial score (nSPS) is 15.7. The van der Waals surface area contributed by atoms with Crippen molar-refractivity contribution in [3.05, 3.63) is 30.4 Å². The molecule has 0 atom stereocenters. The monoisotopic (exact) mass is 358 g/mol. The molecule has 2 aromatic rings. The van der Waals surface area contributed by atoms with Crippen molar-refractivity contribution in [2.24, 2.45) is 19.1 Å². The first kappa shape index (κ1) is 18.0. The molecule has 1 saturated heterocycles. The van der Waals surface area contributed by atoms with Crippen LogP contribution in [0.4, 0.5) is 5.69 Å². The van der Waals surface area contributed by atoms with Crippen molar-refractivity contribution in [2.75, 3.05) is 37.6 Å². The van der Waals surface area contributed by atoms with Gasteiger partial charge in [-0.25, -0.2) is 0 Å². The van der Waals surface area contributed by atoms with Crippen molar-refractivity contribution in [1.82, 2.24) is 29.8 Å². The average Bonchev–Trinajstić information content (AvgIpc) is 3.22. The lowest BCUT2D eigenvalue weighted by Gasteiger charge is -2.35. The summed E-state index contributed by atoms with van der Waals surface area (Å²) >= 11 is 0. The lowest BCUT2D eigenvalue weighted by molar-refractivity contribution is -0.120. The Balaban J connectivity index is 1.61. The quantitative estimate of drug-likeness (QED) is 0.601. The number of aryl methyl sites for hydroxylation is 2. The number of aliphatic imine (C=N–C) groups is 1. The zero-order chi connectivity index (χ0) is 18.5. The van der Waals surface area contributed by atoms with Gasteiger partial charge < -0.3 is 15.1 Å². The van der Waals surface area contributed by atoms with Crippen LogP contribution in [0, 0.1) is 0 Å². The highest BCUT2D eigenvalue weighted by atomic mass is 16.2. The highest BCUT2D eigenvalue weighted by Gasteiger charge is 2.27. The second kappa shape index (κ2) is 8.03. The maximum absolute atomic E-state index is 12.6. The van der Waals surface area contributed by atoms with Crippen LogP contribution < -0.4 is 10.2 Å². The molecule has 0 bridgehead atoms. The van der Waals surface area contributed by atoms with Gasteiger partial charge in [-0.2, -0.15) is 10.2 Å². The Bertz CT molecular complexity index is 777. The molecule has 1 N–H and O–H groups in total. The van der Waals surface area contributed by atoms with Crippen molar-refractivity contribution in [2.45, 2.75) is 13.3 Å². The van der Waals surface area contributed by atoms with E-state index in [-0.39, 0.29) is 5.91 Å². The van der Waals surface area contributed by atoms with Crippen LogP contribution >= 0.6 is 0 Å². The van der Waals surface area contributed by atoms with E-state index in [0.29, 0.717) is 19.6 Å². The molecule has 9 heteroatoms. The van der Waals surface area contributed by atoms with Crippen LogP contribution in [-0.2, 0) is 25.3 Å². The smallest absolute Gasteiger partial charge is 0.246 e. The molecule has 3 rings (SSSR count). The minimum absolute atomic E-state index is 0.0575. The molecule has 1 aliphatic rings. The van der Waals surface area contributed by atoms with Crippen LogP contribution in [0.1, 0.15) is 12.5 Å². The van der Waals surface area contributed by atoms with E-state index in [9.17, 15) is 4.79 Å². The van der Waals surface area contributed by atoms with Crippen molar-refractivity contribution < 1.29 is 4.79 Å². The third-order valence-corrected chi connectivity index (χ3v) is 4.28. The first-order valence-corrected chi connectivity index (χ1v) is 8.86. The number of carbonyl (C=O) groups is 1. The molecule has 1 aliphatic heterocycles. The highest BCUT2D eigenvalue weighted by molar-refractivity contribution is 5.98. The van der Waals surface area contributed by atoms with Crippen molar-refractivity contribution in [3.63, 3.8) is 0 Å². The van der Waals surface area contributed by atoms with E-state index in [1.165, 1.54) is 0 Å². The molecule has 1 amide bonds. The molecule has 26 heavy (non-hydrogen) atoms. The number of nitrogens with one attached hydrogen (secondary N) is 1. The molecule has 0 saturated carbocycles. The summed E-state index contributed by atoms with van der Waals surface area (Å²) < 4.78 is 3.50. The van der Waals surface area contributed by atoms with Crippen molar-refractivity contribution in [3.8, 4) is 0 Å². The molecule has 1 fully saturated rings. The molecular formula is C17H26N8O. The van der Waals surface area contributed by atoms with Gasteiger partial charge in [0, 0.05) is 52.7 Å². The summed E-state index contributed by atoms with van der Waals surface area (Å²) in [6, 6.07) is 0. The number of guanidine groups is 1. The summed E-state index contributed by atoms with van der Waals surface area (Å²) in [7, 11) is 3.76. The number of carbonyl (C=O) groups excluding carboxylic acids is 1. The summed E-state index contributed by atoms with van der Waals surface area (Å²) in [6.07, 6.45) is 8.27. The maximum atomic E-state index is 12.6. The third-order valence-electron chi connectivity index (χ3n) is 4.28. The van der Waals surface area contributed by atoms with E-state index in [0.717, 1.165) is 36.7 Å². The van der Waals surface area contributed by atoms with Gasteiger partial charge in [-0.1, -0.05) is 0 Å². The minimum Gasteiger partial charge on any atom is -0.357 e. The van der Waals surface area contributed by atoms with E-state index in [4.69, 9.17) is 0 Å². The molecular weight excluding hydrogens is 332 g/mol. The molecule has 140 valence electrons. The Kier molecular flexibility index (Phi) is 5.55. The van der Waals surface area contributed by atoms with Crippen LogP contribution in [0.25, 0.3) is 0 Å². The molecule has 0 aromatic carbocycles. The predicted molar refractivity (Wildman–Crippen MR) is 100 cm³/mol. The van der Waals surface area contributed by atoms with Crippen LogP contribution in [-0.4, -0.2) is 69.1 Å². The van der Waals surface area contributed by atoms with Gasteiger partial charge in [0.2, 0.25) is 5.91 Å². The Hall–Kier alpha value is -2.84. The van der Waals surface area contributed by atoms with Crippen molar-refractivity contribution >= 4 is 17.6 Å². The Morgan fingerprint density at radius 3 is 2.58 bits per heavy atom. The SMILES string of the molecule is CCNC(=NCCc1cnn(C)c1)N1CCN(c2cnn(C)c2)C(=O)C1. The second-order valence-corrected chi connectivity index (χ2v) is 6.35. The fraction of sp³-hybridized carbons (Fsp3) is 0.529. The number of nitrogens with zero attached hydrogens (tertiary/aromatic N) is 7. The van der Waals surface area contributed by atoms with Crippen LogP contribution in [0.15, 0.2) is 29.8 Å². The standard InChI is InChI=1S/C17H26N8O/c1-4-18-17(19-6-5-14-9-20-22(2)11-14)24-7-8-25(16(26)13-24)15-10-21-23(3)12-15/h9-12H,4-8,13H2,1-3H3,(H,18,19).